The lowest BCUT2D eigenvalue weighted by Gasteiger charge is -2.06. The van der Waals surface area contributed by atoms with Gasteiger partial charge in [-0.3, -0.25) is 0 Å². The second-order valence-corrected chi connectivity index (χ2v) is 6.02. The zero-order chi connectivity index (χ0) is 16.9. The molecule has 0 saturated heterocycles. The van der Waals surface area contributed by atoms with Crippen LogP contribution in [0.3, 0.4) is 0 Å². The van der Waals surface area contributed by atoms with E-state index in [1.165, 1.54) is 0 Å². The molecule has 0 saturated carbocycles. The van der Waals surface area contributed by atoms with E-state index in [1.807, 2.05) is 37.3 Å². The van der Waals surface area contributed by atoms with Crippen molar-refractivity contribution in [3.05, 3.63) is 46.7 Å². The van der Waals surface area contributed by atoms with E-state index in [0.29, 0.717) is 12.5 Å². The molecule has 2 aromatic heterocycles. The minimum absolute atomic E-state index is 0.520. The molecule has 0 amide bonds. The van der Waals surface area contributed by atoms with Gasteiger partial charge < -0.3 is 9.73 Å². The summed E-state index contributed by atoms with van der Waals surface area (Å²) in [5.74, 6) is 2.27. The molecule has 0 aliphatic rings. The topological polar surface area (TPSA) is 68.8 Å². The van der Waals surface area contributed by atoms with Gasteiger partial charge in [-0.1, -0.05) is 42.2 Å². The summed E-state index contributed by atoms with van der Waals surface area (Å²) in [4.78, 5) is 0. The third-order valence-corrected chi connectivity index (χ3v) is 4.28. The van der Waals surface area contributed by atoms with E-state index in [9.17, 15) is 0 Å². The Kier molecular flexibility index (Phi) is 5.15. The second kappa shape index (κ2) is 7.49. The first-order chi connectivity index (χ1) is 11.7. The fourth-order valence-electron chi connectivity index (χ4n) is 2.45. The van der Waals surface area contributed by atoms with Gasteiger partial charge in [-0.25, -0.2) is 4.68 Å². The number of aromatic nitrogens is 4. The molecule has 0 radical (unpaired) electrons. The van der Waals surface area contributed by atoms with Gasteiger partial charge in [0.1, 0.15) is 11.5 Å². The smallest absolute Gasteiger partial charge is 0.243 e. The number of unbranched alkanes of at least 4 members (excludes halogenated alkanes) is 1. The number of benzene rings is 1. The molecule has 0 atom stereocenters. The molecule has 0 aliphatic carbocycles. The second-order valence-electron chi connectivity index (χ2n) is 5.61. The van der Waals surface area contributed by atoms with Crippen LogP contribution in [0.25, 0.3) is 11.3 Å². The number of hydrogen-bond acceptors (Lipinski definition) is 5. The fourth-order valence-corrected chi connectivity index (χ4v) is 2.62. The average Bonchev–Trinajstić information content (AvgIpc) is 3.22. The summed E-state index contributed by atoms with van der Waals surface area (Å²) in [6, 6.07) is 9.70. The molecule has 3 rings (SSSR count). The largest absolute Gasteiger partial charge is 0.459 e. The predicted octanol–water partition coefficient (Wildman–Crippen LogP) is 4.31. The van der Waals surface area contributed by atoms with Crippen LogP contribution in [0.1, 0.15) is 31.1 Å². The maximum Gasteiger partial charge on any atom is 0.243 e. The lowest BCUT2D eigenvalue weighted by molar-refractivity contribution is 0.526. The Bertz CT molecular complexity index is 811. The highest BCUT2D eigenvalue weighted by Gasteiger charge is 2.11. The quantitative estimate of drug-likeness (QED) is 0.691. The molecule has 0 aliphatic heterocycles. The molecule has 0 bridgehead atoms. The Morgan fingerprint density at radius 3 is 2.96 bits per heavy atom. The summed E-state index contributed by atoms with van der Waals surface area (Å²) in [5.41, 5.74) is 2.01. The van der Waals surface area contributed by atoms with Crippen LogP contribution in [-0.4, -0.2) is 20.2 Å². The molecular weight excluding hydrogens is 326 g/mol. The van der Waals surface area contributed by atoms with Gasteiger partial charge in [0.25, 0.3) is 0 Å². The first-order valence-electron chi connectivity index (χ1n) is 8.03. The maximum atomic E-state index is 6.18. The fraction of sp³-hybridized carbons (Fsp3) is 0.353. The van der Waals surface area contributed by atoms with Crippen LogP contribution in [0, 0.1) is 6.92 Å². The van der Waals surface area contributed by atoms with Gasteiger partial charge in [0, 0.05) is 17.1 Å². The van der Waals surface area contributed by atoms with Gasteiger partial charge in [-0.2, -0.15) is 0 Å². The van der Waals surface area contributed by atoms with Gasteiger partial charge in [0.05, 0.1) is 6.54 Å². The van der Waals surface area contributed by atoms with Crippen LogP contribution < -0.4 is 5.32 Å². The van der Waals surface area contributed by atoms with E-state index in [0.717, 1.165) is 47.1 Å². The molecule has 24 heavy (non-hydrogen) atoms. The lowest BCUT2D eigenvalue weighted by atomic mass is 10.1. The number of tetrazole rings is 1. The summed E-state index contributed by atoms with van der Waals surface area (Å²) < 4.78 is 7.70. The van der Waals surface area contributed by atoms with Gasteiger partial charge in [-0.05, 0) is 47.5 Å². The molecule has 3 aromatic rings. The summed E-state index contributed by atoms with van der Waals surface area (Å²) >= 11 is 6.18. The van der Waals surface area contributed by atoms with Crippen molar-refractivity contribution in [3.63, 3.8) is 0 Å². The van der Waals surface area contributed by atoms with E-state index < -0.39 is 0 Å². The van der Waals surface area contributed by atoms with Crippen LogP contribution in [0.5, 0.6) is 0 Å². The number of aryl methyl sites for hydroxylation is 1. The number of rotatable bonds is 7. The molecule has 1 N–H and O–H groups in total. The van der Waals surface area contributed by atoms with E-state index in [1.54, 1.807) is 4.68 Å². The van der Waals surface area contributed by atoms with Crippen molar-refractivity contribution < 1.29 is 4.42 Å². The summed E-state index contributed by atoms with van der Waals surface area (Å²) in [7, 11) is 0. The highest BCUT2D eigenvalue weighted by atomic mass is 35.5. The SMILES string of the molecule is CCCCn1nnnc1NCc1ccc(-c2cccc(Cl)c2C)o1. The standard InChI is InChI=1S/C17H20ClN5O/c1-3-4-10-23-17(20-21-22-23)19-11-13-8-9-16(24-13)14-6-5-7-15(18)12(14)2/h5-9H,3-4,10-11H2,1-2H3,(H,19,20,22). The van der Waals surface area contributed by atoms with Crippen molar-refractivity contribution in [2.45, 2.75) is 39.8 Å². The summed E-state index contributed by atoms with van der Waals surface area (Å²) in [6.45, 7) is 5.45. The number of furan rings is 1. The Morgan fingerprint density at radius 1 is 1.25 bits per heavy atom. The number of anilines is 1. The highest BCUT2D eigenvalue weighted by molar-refractivity contribution is 6.31. The predicted molar refractivity (Wildman–Crippen MR) is 93.9 cm³/mol. The van der Waals surface area contributed by atoms with Crippen molar-refractivity contribution in [1.82, 2.24) is 20.2 Å². The molecule has 126 valence electrons. The van der Waals surface area contributed by atoms with Crippen LogP contribution >= 0.6 is 11.6 Å². The monoisotopic (exact) mass is 345 g/mol. The minimum atomic E-state index is 0.520. The Hall–Kier alpha value is -2.34. The molecule has 1 aromatic carbocycles. The van der Waals surface area contributed by atoms with Crippen molar-refractivity contribution in [2.75, 3.05) is 5.32 Å². The first kappa shape index (κ1) is 16.5. The zero-order valence-electron chi connectivity index (χ0n) is 13.8. The van der Waals surface area contributed by atoms with Gasteiger partial charge in [0.15, 0.2) is 0 Å². The molecular formula is C17H20ClN5O. The third-order valence-electron chi connectivity index (χ3n) is 3.87. The van der Waals surface area contributed by atoms with Gasteiger partial charge in [-0.15, -0.1) is 0 Å². The van der Waals surface area contributed by atoms with Crippen molar-refractivity contribution in [2.24, 2.45) is 0 Å². The number of hydrogen-bond donors (Lipinski definition) is 1. The van der Waals surface area contributed by atoms with Crippen LogP contribution in [0.4, 0.5) is 5.95 Å². The Morgan fingerprint density at radius 2 is 2.12 bits per heavy atom. The van der Waals surface area contributed by atoms with Crippen molar-refractivity contribution >= 4 is 17.5 Å². The third kappa shape index (κ3) is 3.59. The van der Waals surface area contributed by atoms with Crippen molar-refractivity contribution in [3.8, 4) is 11.3 Å². The Labute approximate surface area is 145 Å². The van der Waals surface area contributed by atoms with E-state index in [4.69, 9.17) is 16.0 Å². The van der Waals surface area contributed by atoms with Crippen LogP contribution in [-0.2, 0) is 13.1 Å². The molecule has 0 fully saturated rings. The number of nitrogens with one attached hydrogen (secondary N) is 1. The normalized spacial score (nSPS) is 11.0. The molecule has 2 heterocycles. The van der Waals surface area contributed by atoms with E-state index in [2.05, 4.69) is 27.8 Å². The van der Waals surface area contributed by atoms with Gasteiger partial charge >= 0.3 is 0 Å². The molecule has 0 spiro atoms. The zero-order valence-corrected chi connectivity index (χ0v) is 14.5. The van der Waals surface area contributed by atoms with E-state index >= 15 is 0 Å². The van der Waals surface area contributed by atoms with E-state index in [-0.39, 0.29) is 0 Å². The Balaban J connectivity index is 1.69. The molecule has 6 nitrogen and oxygen atoms in total. The molecule has 0 unspecified atom stereocenters. The maximum absolute atomic E-state index is 6.18. The van der Waals surface area contributed by atoms with Crippen LogP contribution in [0.15, 0.2) is 34.7 Å². The van der Waals surface area contributed by atoms with Gasteiger partial charge in [0.2, 0.25) is 5.95 Å². The molecule has 7 heteroatoms. The average molecular weight is 346 g/mol. The summed E-state index contributed by atoms with van der Waals surface area (Å²) in [6.07, 6.45) is 2.14. The number of halogens is 1. The number of nitrogens with zero attached hydrogens (tertiary/aromatic N) is 4. The highest BCUT2D eigenvalue weighted by Crippen LogP contribution is 2.29. The van der Waals surface area contributed by atoms with Crippen molar-refractivity contribution in [1.29, 1.82) is 0 Å². The summed E-state index contributed by atoms with van der Waals surface area (Å²) in [5, 5.41) is 15.7. The minimum Gasteiger partial charge on any atom is -0.459 e. The lowest BCUT2D eigenvalue weighted by Crippen LogP contribution is -2.08. The first-order valence-corrected chi connectivity index (χ1v) is 8.41. The van der Waals surface area contributed by atoms with Crippen LogP contribution in [0.2, 0.25) is 5.02 Å².